The van der Waals surface area contributed by atoms with Gasteiger partial charge in [-0.15, -0.1) is 0 Å². The van der Waals surface area contributed by atoms with E-state index < -0.39 is 16.0 Å². The van der Waals surface area contributed by atoms with Gasteiger partial charge in [0.1, 0.15) is 33.8 Å². The van der Waals surface area contributed by atoms with Crippen LogP contribution < -0.4 is 9.47 Å². The van der Waals surface area contributed by atoms with Gasteiger partial charge >= 0.3 is 0 Å². The molecule has 0 atom stereocenters. The summed E-state index contributed by atoms with van der Waals surface area (Å²) in [5, 5.41) is 6.26. The maximum absolute atomic E-state index is 7.42. The molecule has 2 heterocycles. The summed E-state index contributed by atoms with van der Waals surface area (Å²) in [6.45, 7) is 33.5. The minimum atomic E-state index is -1.77. The lowest BCUT2D eigenvalue weighted by atomic mass is 9.79. The molecular weight excluding hydrogens is 1050 g/mol. The summed E-state index contributed by atoms with van der Waals surface area (Å²) in [5.41, 5.74) is 16.7. The van der Waals surface area contributed by atoms with Crippen LogP contribution in [0.3, 0.4) is 0 Å². The number of hydrogen-bond acceptors (Lipinski definition) is 6. The molecule has 10 aromatic rings. The van der Waals surface area contributed by atoms with Gasteiger partial charge in [-0.1, -0.05) is 218 Å². The standard InChI is InChI=1S/C74H82O6P2/c1-15-33-75-67-47-35-51-43-57(73(9,10)11)45-53(69(51)81-77-63-29-21-17-25-59(63)60-26-18-22-30-64(60)78-81)37-49-41-56(72(6,7)8)42-50(68(49)76-34-16-2)38-54-46-58(74(12,13)14)44-52(36-48(67)40-55(39-47)71(3,4)5)70(54)82-79-65-31-23-19-27-61(65)62-28-20-24-32-66(62)80-82/h17-32,39-46H,15-16,33-38H2,1-14H3. The summed E-state index contributed by atoms with van der Waals surface area (Å²) < 4.78 is 44.2. The van der Waals surface area contributed by atoms with Crippen molar-refractivity contribution in [3.05, 3.63) is 212 Å². The molecule has 0 amide bonds. The van der Waals surface area contributed by atoms with E-state index >= 15 is 0 Å². The van der Waals surface area contributed by atoms with Crippen LogP contribution >= 0.6 is 16.0 Å². The molecule has 0 unspecified atom stereocenters. The molecule has 1 aliphatic carbocycles. The second-order valence-corrected chi connectivity index (χ2v) is 29.5. The van der Waals surface area contributed by atoms with Crippen molar-refractivity contribution in [2.75, 3.05) is 13.2 Å². The van der Waals surface area contributed by atoms with Gasteiger partial charge in [0.2, 0.25) is 0 Å². The first-order valence-corrected chi connectivity index (χ1v) is 32.0. The van der Waals surface area contributed by atoms with E-state index in [0.717, 1.165) is 123 Å². The molecule has 1 aliphatic rings. The highest BCUT2D eigenvalue weighted by Crippen LogP contribution is 2.53. The second kappa shape index (κ2) is 22.4. The molecule has 0 aliphatic heterocycles. The van der Waals surface area contributed by atoms with Gasteiger partial charge < -0.3 is 26.3 Å². The third-order valence-corrected chi connectivity index (χ3v) is 19.5. The molecule has 11 rings (SSSR count). The number of rotatable bonds is 8. The largest absolute Gasteiger partial charge is 0.493 e. The molecule has 0 radical (unpaired) electrons. The highest BCUT2D eigenvalue weighted by molar-refractivity contribution is 7.46. The van der Waals surface area contributed by atoms with Crippen LogP contribution in [0.25, 0.3) is 54.5 Å². The van der Waals surface area contributed by atoms with Crippen LogP contribution in [0.15, 0.2) is 162 Å². The van der Waals surface area contributed by atoms with E-state index in [1.807, 2.05) is 0 Å². The van der Waals surface area contributed by atoms with Gasteiger partial charge in [-0.25, -0.2) is 0 Å². The molecule has 0 saturated heterocycles. The molecule has 82 heavy (non-hydrogen) atoms. The Labute approximate surface area is 488 Å². The van der Waals surface area contributed by atoms with E-state index in [-0.39, 0.29) is 21.7 Å². The van der Waals surface area contributed by atoms with E-state index in [1.165, 1.54) is 22.3 Å². The first-order valence-electron chi connectivity index (χ1n) is 29.7. The Morgan fingerprint density at radius 1 is 0.329 bits per heavy atom. The number of fused-ring (bicyclic) bond motifs is 14. The van der Waals surface area contributed by atoms with Gasteiger partial charge in [0, 0.05) is 47.2 Å². The zero-order valence-electron chi connectivity index (χ0n) is 50.9. The Morgan fingerprint density at radius 3 is 0.768 bits per heavy atom. The first kappa shape index (κ1) is 57.0. The molecular formula is C74H82O6P2. The normalized spacial score (nSPS) is 13.2. The Hall–Kier alpha value is -6.84. The zero-order chi connectivity index (χ0) is 57.9. The van der Waals surface area contributed by atoms with Crippen molar-refractivity contribution in [2.24, 2.45) is 0 Å². The molecule has 0 N–H and O–H groups in total. The number of para-hydroxylation sites is 4. The summed E-state index contributed by atoms with van der Waals surface area (Å²) in [7, 11) is -3.55. The van der Waals surface area contributed by atoms with E-state index in [2.05, 4.69) is 243 Å². The van der Waals surface area contributed by atoms with Crippen LogP contribution in [0.1, 0.15) is 177 Å². The molecule has 0 saturated carbocycles. The van der Waals surface area contributed by atoms with Gasteiger partial charge in [-0.05, 0) is 126 Å². The summed E-state index contributed by atoms with van der Waals surface area (Å²) in [4.78, 5) is 0. The smallest absolute Gasteiger partial charge is 0.253 e. The molecule has 2 aromatic heterocycles. The van der Waals surface area contributed by atoms with Crippen LogP contribution in [0, 0.1) is 0 Å². The molecule has 0 spiro atoms. The van der Waals surface area contributed by atoms with Crippen molar-refractivity contribution in [1.82, 2.24) is 0 Å². The van der Waals surface area contributed by atoms with Gasteiger partial charge in [-0.2, -0.15) is 0 Å². The van der Waals surface area contributed by atoms with Crippen LogP contribution in [0.2, 0.25) is 0 Å². The van der Waals surface area contributed by atoms with Crippen molar-refractivity contribution in [1.29, 1.82) is 0 Å². The zero-order valence-corrected chi connectivity index (χ0v) is 52.6. The van der Waals surface area contributed by atoms with E-state index in [9.17, 15) is 0 Å². The van der Waals surface area contributed by atoms with Crippen molar-refractivity contribution >= 4 is 59.9 Å². The molecule has 8 bridgehead atoms. The highest BCUT2D eigenvalue weighted by Gasteiger charge is 2.31. The quantitative estimate of drug-likeness (QED) is 0.151. The maximum Gasteiger partial charge on any atom is 0.253 e. The summed E-state index contributed by atoms with van der Waals surface area (Å²) in [6, 6.07) is 53.2. The molecule has 0 fully saturated rings. The molecule has 424 valence electrons. The number of hydrogen-bond donors (Lipinski definition) is 0. The highest BCUT2D eigenvalue weighted by atomic mass is 31.1. The predicted octanol–water partition coefficient (Wildman–Crippen LogP) is 22.3. The van der Waals surface area contributed by atoms with Crippen molar-refractivity contribution in [3.63, 3.8) is 0 Å². The third-order valence-electron chi connectivity index (χ3n) is 16.1. The number of benzene rings is 8. The average Bonchev–Trinajstić information content (AvgIpc) is 3.42. The van der Waals surface area contributed by atoms with Crippen LogP contribution in [0.5, 0.6) is 11.5 Å². The fourth-order valence-corrected chi connectivity index (χ4v) is 14.8. The van der Waals surface area contributed by atoms with Crippen molar-refractivity contribution < 1.29 is 26.3 Å². The predicted molar refractivity (Wildman–Crippen MR) is 346 cm³/mol. The monoisotopic (exact) mass is 1130 g/mol. The Balaban J connectivity index is 1.33. The van der Waals surface area contributed by atoms with Crippen molar-refractivity contribution in [2.45, 2.75) is 157 Å². The molecule has 6 nitrogen and oxygen atoms in total. The maximum atomic E-state index is 7.42. The van der Waals surface area contributed by atoms with Gasteiger partial charge in [0.25, 0.3) is 16.0 Å². The van der Waals surface area contributed by atoms with Gasteiger partial charge in [0.05, 0.1) is 23.8 Å². The summed E-state index contributed by atoms with van der Waals surface area (Å²) in [6.07, 6.45) is 4.04. The lowest BCUT2D eigenvalue weighted by Gasteiger charge is -2.29. The van der Waals surface area contributed by atoms with Gasteiger partial charge in [0.15, 0.2) is 0 Å². The van der Waals surface area contributed by atoms with Crippen LogP contribution in [-0.2, 0) is 47.3 Å². The Morgan fingerprint density at radius 2 is 0.549 bits per heavy atom. The fourth-order valence-electron chi connectivity index (χ4n) is 11.5. The minimum Gasteiger partial charge on any atom is -0.493 e. The van der Waals surface area contributed by atoms with Crippen molar-refractivity contribution in [3.8, 4) is 22.1 Å². The third kappa shape index (κ3) is 11.6. The van der Waals surface area contributed by atoms with Gasteiger partial charge in [-0.3, -0.25) is 0 Å². The topological polar surface area (TPSA) is 71.0 Å². The van der Waals surface area contributed by atoms with E-state index in [4.69, 9.17) is 26.3 Å². The second-order valence-electron chi connectivity index (χ2n) is 26.8. The Bertz CT molecular complexity index is 3650. The Kier molecular flexibility index (Phi) is 15.6. The molecule has 8 aromatic carbocycles. The van der Waals surface area contributed by atoms with Crippen LogP contribution in [-0.4, -0.2) is 13.2 Å². The van der Waals surface area contributed by atoms with E-state index in [1.54, 1.807) is 0 Å². The lowest BCUT2D eigenvalue weighted by Crippen LogP contribution is -2.17. The summed E-state index contributed by atoms with van der Waals surface area (Å²) >= 11 is 0. The average molecular weight is 1130 g/mol. The first-order chi connectivity index (χ1) is 39.0. The minimum absolute atomic E-state index is 0.199. The lowest BCUT2D eigenvalue weighted by molar-refractivity contribution is 0.311. The fraction of sp³-hybridized carbons (Fsp3) is 0.351. The number of ether oxygens (including phenoxy) is 2. The SMILES string of the molecule is CCCOc1c2cc(C(C)(C)C)cc1Cc1cc(C(C)(C)C)cc(c1-p1oc3ccccc3c3ccccc3o1)Cc1cc(C(C)(C)C)cc(c1OCCC)Cc1cc(C(C)(C)C)cc(c1-p1oc3ccccc3c3ccccc3o1)C2. The van der Waals surface area contributed by atoms with E-state index in [0.29, 0.717) is 38.9 Å². The molecule has 8 heteroatoms. The van der Waals surface area contributed by atoms with Crippen LogP contribution in [0.4, 0.5) is 0 Å². The summed E-state index contributed by atoms with van der Waals surface area (Å²) in [5.74, 6) is 1.86.